The van der Waals surface area contributed by atoms with Gasteiger partial charge < -0.3 is 14.8 Å². The molecule has 2 aliphatic heterocycles. The van der Waals surface area contributed by atoms with Crippen molar-refractivity contribution in [3.05, 3.63) is 53.3 Å². The number of benzene rings is 1. The number of anilines is 1. The molecule has 0 saturated carbocycles. The van der Waals surface area contributed by atoms with E-state index in [1.54, 1.807) is 18.6 Å². The molecule has 4 heterocycles. The Labute approximate surface area is 174 Å². The average molecular weight is 406 g/mol. The molecule has 8 heteroatoms. The number of aromatic amines is 1. The highest BCUT2D eigenvalue weighted by molar-refractivity contribution is 5.79. The zero-order chi connectivity index (χ0) is 20.5. The molecule has 1 amide bonds. The second-order valence-corrected chi connectivity index (χ2v) is 8.20. The van der Waals surface area contributed by atoms with Crippen LogP contribution in [0.5, 0.6) is 0 Å². The van der Waals surface area contributed by atoms with Crippen molar-refractivity contribution in [3.8, 4) is 0 Å². The monoisotopic (exact) mass is 406 g/mol. The first-order valence-electron chi connectivity index (χ1n) is 10.7. The van der Waals surface area contributed by atoms with Crippen LogP contribution in [0.1, 0.15) is 31.7 Å². The summed E-state index contributed by atoms with van der Waals surface area (Å²) in [6.07, 6.45) is 8.47. The number of nitrogens with one attached hydrogen (secondary N) is 1. The summed E-state index contributed by atoms with van der Waals surface area (Å²) in [6.45, 7) is 3.08. The Kier molecular flexibility index (Phi) is 4.98. The Morgan fingerprint density at radius 3 is 2.50 bits per heavy atom. The summed E-state index contributed by atoms with van der Waals surface area (Å²) in [5, 5.41) is 0. The lowest BCUT2D eigenvalue weighted by molar-refractivity contribution is -0.137. The van der Waals surface area contributed by atoms with E-state index in [1.807, 2.05) is 33.7 Å². The van der Waals surface area contributed by atoms with E-state index >= 15 is 0 Å². The number of hydrogen-bond donors (Lipinski definition) is 1. The van der Waals surface area contributed by atoms with Gasteiger partial charge in [0.15, 0.2) is 0 Å². The number of H-pyrrole nitrogens is 1. The second-order valence-electron chi connectivity index (χ2n) is 8.20. The molecule has 2 aliphatic rings. The molecular formula is C22H26N6O2. The van der Waals surface area contributed by atoms with E-state index in [0.717, 1.165) is 55.6 Å². The first kappa shape index (κ1) is 18.8. The summed E-state index contributed by atoms with van der Waals surface area (Å²) in [5.41, 5.74) is 1.76. The maximum atomic E-state index is 13.1. The molecule has 3 aromatic rings. The van der Waals surface area contributed by atoms with Crippen molar-refractivity contribution < 1.29 is 4.79 Å². The Morgan fingerprint density at radius 1 is 1.00 bits per heavy atom. The van der Waals surface area contributed by atoms with Gasteiger partial charge in [0.1, 0.15) is 5.82 Å². The number of likely N-dealkylation sites (tertiary alicyclic amines) is 1. The minimum Gasteiger partial charge on any atom is -0.355 e. The molecule has 8 nitrogen and oxygen atoms in total. The van der Waals surface area contributed by atoms with Gasteiger partial charge in [-0.15, -0.1) is 0 Å². The van der Waals surface area contributed by atoms with Crippen molar-refractivity contribution in [1.29, 1.82) is 0 Å². The summed E-state index contributed by atoms with van der Waals surface area (Å²) >= 11 is 0. The van der Waals surface area contributed by atoms with E-state index in [1.165, 1.54) is 0 Å². The van der Waals surface area contributed by atoms with Gasteiger partial charge in [-0.05, 0) is 37.8 Å². The van der Waals surface area contributed by atoms with Gasteiger partial charge in [-0.2, -0.15) is 0 Å². The first-order chi connectivity index (χ1) is 14.7. The van der Waals surface area contributed by atoms with Crippen LogP contribution in [0, 0.1) is 5.92 Å². The van der Waals surface area contributed by atoms with Crippen LogP contribution in [-0.2, 0) is 4.79 Å². The average Bonchev–Trinajstić information content (AvgIpc) is 3.15. The quantitative estimate of drug-likeness (QED) is 0.721. The van der Waals surface area contributed by atoms with Crippen molar-refractivity contribution in [2.45, 2.75) is 31.7 Å². The van der Waals surface area contributed by atoms with Crippen molar-refractivity contribution in [2.24, 2.45) is 5.92 Å². The Balaban J connectivity index is 1.19. The third kappa shape index (κ3) is 3.46. The minimum absolute atomic E-state index is 0.0580. The molecule has 2 aromatic heterocycles. The normalized spacial score (nSPS) is 18.8. The van der Waals surface area contributed by atoms with Crippen LogP contribution in [0.4, 0.5) is 5.82 Å². The number of nitrogens with zero attached hydrogens (tertiary/aromatic N) is 5. The zero-order valence-corrected chi connectivity index (χ0v) is 16.9. The lowest BCUT2D eigenvalue weighted by Gasteiger charge is -2.37. The van der Waals surface area contributed by atoms with Gasteiger partial charge in [0.2, 0.25) is 5.91 Å². The summed E-state index contributed by atoms with van der Waals surface area (Å²) < 4.78 is 1.87. The van der Waals surface area contributed by atoms with Gasteiger partial charge >= 0.3 is 5.69 Å². The molecule has 2 fully saturated rings. The zero-order valence-electron chi connectivity index (χ0n) is 16.9. The Morgan fingerprint density at radius 2 is 1.77 bits per heavy atom. The molecule has 0 aliphatic carbocycles. The van der Waals surface area contributed by atoms with Gasteiger partial charge in [0.05, 0.1) is 17.2 Å². The summed E-state index contributed by atoms with van der Waals surface area (Å²) in [4.78, 5) is 41.2. The Hall–Kier alpha value is -3.16. The molecule has 156 valence electrons. The van der Waals surface area contributed by atoms with E-state index in [0.29, 0.717) is 13.1 Å². The highest BCUT2D eigenvalue weighted by Crippen LogP contribution is 2.28. The number of imidazole rings is 1. The number of aromatic nitrogens is 4. The molecule has 0 atom stereocenters. The van der Waals surface area contributed by atoms with Crippen LogP contribution in [0.25, 0.3) is 11.0 Å². The van der Waals surface area contributed by atoms with E-state index in [2.05, 4.69) is 19.9 Å². The van der Waals surface area contributed by atoms with Gasteiger partial charge in [-0.25, -0.2) is 9.78 Å². The standard InChI is InChI=1S/C22H26N6O2/c29-21(16-5-11-26(12-6-16)20-15-23-9-10-24-20)27-13-7-17(8-14-27)28-19-4-2-1-3-18(19)25-22(28)30/h1-4,9-10,15-17H,5-8,11-14H2,(H,25,30). The van der Waals surface area contributed by atoms with Gasteiger partial charge in [-0.3, -0.25) is 14.3 Å². The SMILES string of the molecule is O=C(C1CCN(c2cnccn2)CC1)N1CCC(n2c(=O)[nH]c3ccccc32)CC1. The van der Waals surface area contributed by atoms with Crippen LogP contribution in [-0.4, -0.2) is 56.5 Å². The van der Waals surface area contributed by atoms with Crippen molar-refractivity contribution >= 4 is 22.8 Å². The number of fused-ring (bicyclic) bond motifs is 1. The lowest BCUT2D eigenvalue weighted by atomic mass is 9.93. The fourth-order valence-electron chi connectivity index (χ4n) is 4.85. The molecule has 0 radical (unpaired) electrons. The number of carbonyl (C=O) groups excluding carboxylic acids is 1. The van der Waals surface area contributed by atoms with Crippen LogP contribution >= 0.6 is 0 Å². The number of rotatable bonds is 3. The molecule has 1 N–H and O–H groups in total. The number of hydrogen-bond acceptors (Lipinski definition) is 5. The lowest BCUT2D eigenvalue weighted by Crippen LogP contribution is -2.46. The van der Waals surface area contributed by atoms with E-state index in [9.17, 15) is 9.59 Å². The van der Waals surface area contributed by atoms with Gasteiger partial charge in [0.25, 0.3) is 0 Å². The fraction of sp³-hybridized carbons (Fsp3) is 0.455. The maximum absolute atomic E-state index is 13.1. The molecule has 0 bridgehead atoms. The van der Waals surface area contributed by atoms with Crippen LogP contribution in [0.3, 0.4) is 0 Å². The van der Waals surface area contributed by atoms with Crippen molar-refractivity contribution in [1.82, 2.24) is 24.4 Å². The van der Waals surface area contributed by atoms with Crippen LogP contribution in [0.2, 0.25) is 0 Å². The smallest absolute Gasteiger partial charge is 0.326 e. The minimum atomic E-state index is -0.0580. The second kappa shape index (κ2) is 7.93. The first-order valence-corrected chi connectivity index (χ1v) is 10.7. The molecule has 5 rings (SSSR count). The molecule has 0 spiro atoms. The molecule has 30 heavy (non-hydrogen) atoms. The third-order valence-electron chi connectivity index (χ3n) is 6.48. The molecule has 0 unspecified atom stereocenters. The molecule has 2 saturated heterocycles. The van der Waals surface area contributed by atoms with Gasteiger partial charge in [0, 0.05) is 50.5 Å². The number of carbonyl (C=O) groups is 1. The van der Waals surface area contributed by atoms with Crippen LogP contribution < -0.4 is 10.6 Å². The molecular weight excluding hydrogens is 380 g/mol. The predicted octanol–water partition coefficient (Wildman–Crippen LogP) is 2.20. The highest BCUT2D eigenvalue weighted by atomic mass is 16.2. The maximum Gasteiger partial charge on any atom is 0.326 e. The summed E-state index contributed by atoms with van der Waals surface area (Å²) in [7, 11) is 0. The van der Waals surface area contributed by atoms with Crippen molar-refractivity contribution in [2.75, 3.05) is 31.1 Å². The largest absolute Gasteiger partial charge is 0.355 e. The van der Waals surface area contributed by atoms with Gasteiger partial charge in [-0.1, -0.05) is 12.1 Å². The number of amides is 1. The number of piperidine rings is 2. The van der Waals surface area contributed by atoms with Crippen LogP contribution in [0.15, 0.2) is 47.7 Å². The predicted molar refractivity (Wildman–Crippen MR) is 114 cm³/mol. The highest BCUT2D eigenvalue weighted by Gasteiger charge is 2.32. The third-order valence-corrected chi connectivity index (χ3v) is 6.48. The number of para-hydroxylation sites is 2. The summed E-state index contributed by atoms with van der Waals surface area (Å²) in [5.74, 6) is 1.22. The fourth-order valence-corrected chi connectivity index (χ4v) is 4.85. The van der Waals surface area contributed by atoms with E-state index < -0.39 is 0 Å². The van der Waals surface area contributed by atoms with E-state index in [-0.39, 0.29) is 23.6 Å². The Bertz CT molecular complexity index is 1080. The molecule has 1 aromatic carbocycles. The van der Waals surface area contributed by atoms with E-state index in [4.69, 9.17) is 0 Å². The van der Waals surface area contributed by atoms with Crippen molar-refractivity contribution in [3.63, 3.8) is 0 Å². The summed E-state index contributed by atoms with van der Waals surface area (Å²) in [6, 6.07) is 7.93. The topological polar surface area (TPSA) is 87.1 Å².